The predicted molar refractivity (Wildman–Crippen MR) is 124 cm³/mol. The van der Waals surface area contributed by atoms with Crippen LogP contribution in [0.15, 0.2) is 24.3 Å². The summed E-state index contributed by atoms with van der Waals surface area (Å²) in [4.78, 5) is 18.1. The van der Waals surface area contributed by atoms with Crippen molar-refractivity contribution in [2.45, 2.75) is 109 Å². The molecule has 9 nitrogen and oxygen atoms in total. The summed E-state index contributed by atoms with van der Waals surface area (Å²) in [5, 5.41) is 3.02. The maximum atomic E-state index is 13.4. The molecule has 0 spiro atoms. The van der Waals surface area contributed by atoms with E-state index in [2.05, 4.69) is 22.9 Å². The van der Waals surface area contributed by atoms with Crippen LogP contribution in [-0.2, 0) is 41.6 Å². The topological polar surface area (TPSA) is 93.1 Å². The summed E-state index contributed by atoms with van der Waals surface area (Å²) in [6.45, 7) is 10.6. The second kappa shape index (κ2) is 8.87. The van der Waals surface area contributed by atoms with Crippen LogP contribution in [0.1, 0.15) is 59.7 Å². The summed E-state index contributed by atoms with van der Waals surface area (Å²) in [5.74, 6) is -1.14. The standard InChI is InChI=1S/C25H35N3O6/c1-6-7-10-13-28-16-12-9-8-11-15(16)27-17(28)14-26-22(29)20-18-19(32-24(2,3)31-18)21-23(30-20)34-25(4,5)33-21/h8-9,11-12,18-21,23H,6-7,10,13-14H2,1-5H3,(H,26,29)/t18-,19+,20-,21-,23-/m1/s1. The number of aryl methyl sites for hydroxylation is 1. The first-order chi connectivity index (χ1) is 16.2. The van der Waals surface area contributed by atoms with Gasteiger partial charge >= 0.3 is 0 Å². The SMILES string of the molecule is CCCCCn1c(CNC(=O)[C@@H]2O[C@@H]3OC(C)(C)O[C@@H]3[C@H]3OC(C)(C)O[C@H]32)nc2ccccc21. The number of amides is 1. The molecule has 3 saturated heterocycles. The van der Waals surface area contributed by atoms with Crippen LogP contribution in [-0.4, -0.2) is 57.7 Å². The predicted octanol–water partition coefficient (Wildman–Crippen LogP) is 3.24. The van der Waals surface area contributed by atoms with Crippen LogP contribution in [0.25, 0.3) is 11.0 Å². The lowest BCUT2D eigenvalue weighted by atomic mass is 9.98. The Morgan fingerprint density at radius 1 is 1.00 bits per heavy atom. The number of benzene rings is 1. The van der Waals surface area contributed by atoms with Crippen molar-refractivity contribution in [2.75, 3.05) is 0 Å². The molecule has 2 aromatic rings. The molecule has 0 aliphatic carbocycles. The Hall–Kier alpha value is -2.04. The number of hydrogen-bond acceptors (Lipinski definition) is 7. The number of fused-ring (bicyclic) bond motifs is 4. The van der Waals surface area contributed by atoms with Gasteiger partial charge in [-0.25, -0.2) is 4.98 Å². The van der Waals surface area contributed by atoms with Gasteiger partial charge in [0.15, 0.2) is 24.0 Å². The molecule has 34 heavy (non-hydrogen) atoms. The fraction of sp³-hybridized carbons (Fsp3) is 0.680. The number of unbranched alkanes of at least 4 members (excludes halogenated alkanes) is 2. The minimum absolute atomic E-state index is 0.282. The number of aromatic nitrogens is 2. The molecule has 0 radical (unpaired) electrons. The van der Waals surface area contributed by atoms with Gasteiger partial charge in [0.05, 0.1) is 17.6 Å². The molecule has 3 aliphatic rings. The van der Waals surface area contributed by atoms with Crippen LogP contribution in [0.5, 0.6) is 0 Å². The first-order valence-corrected chi connectivity index (χ1v) is 12.3. The maximum absolute atomic E-state index is 13.4. The van der Waals surface area contributed by atoms with Crippen molar-refractivity contribution in [1.29, 1.82) is 0 Å². The summed E-state index contributed by atoms with van der Waals surface area (Å²) in [7, 11) is 0. The highest BCUT2D eigenvalue weighted by Crippen LogP contribution is 2.44. The molecule has 1 amide bonds. The van der Waals surface area contributed by atoms with E-state index < -0.39 is 42.3 Å². The van der Waals surface area contributed by atoms with E-state index in [4.69, 9.17) is 28.7 Å². The summed E-state index contributed by atoms with van der Waals surface area (Å²) in [6.07, 6.45) is 0.223. The minimum Gasteiger partial charge on any atom is -0.347 e. The summed E-state index contributed by atoms with van der Waals surface area (Å²) in [5.41, 5.74) is 2.00. The van der Waals surface area contributed by atoms with Crippen molar-refractivity contribution in [3.05, 3.63) is 30.1 Å². The fourth-order valence-corrected chi connectivity index (χ4v) is 5.12. The fourth-order valence-electron chi connectivity index (χ4n) is 5.12. The van der Waals surface area contributed by atoms with Crippen molar-refractivity contribution in [2.24, 2.45) is 0 Å². The normalized spacial score (nSPS) is 31.4. The molecular formula is C25H35N3O6. The lowest BCUT2D eigenvalue weighted by Crippen LogP contribution is -2.59. The van der Waals surface area contributed by atoms with E-state index in [0.717, 1.165) is 42.7 Å². The van der Waals surface area contributed by atoms with Gasteiger partial charge < -0.3 is 33.6 Å². The first-order valence-electron chi connectivity index (χ1n) is 12.3. The van der Waals surface area contributed by atoms with Crippen LogP contribution in [0.3, 0.4) is 0 Å². The number of imidazole rings is 1. The number of carbonyl (C=O) groups excluding carboxylic acids is 1. The van der Waals surface area contributed by atoms with Gasteiger partial charge in [0, 0.05) is 6.54 Å². The van der Waals surface area contributed by atoms with E-state index >= 15 is 0 Å². The molecule has 0 unspecified atom stereocenters. The average Bonchev–Trinajstić information content (AvgIpc) is 3.40. The molecule has 1 aromatic heterocycles. The zero-order valence-electron chi connectivity index (χ0n) is 20.6. The molecule has 4 heterocycles. The van der Waals surface area contributed by atoms with E-state index in [-0.39, 0.29) is 12.5 Å². The van der Waals surface area contributed by atoms with Crippen LogP contribution in [0.2, 0.25) is 0 Å². The number of carbonyl (C=O) groups is 1. The van der Waals surface area contributed by atoms with Crippen molar-refractivity contribution in [1.82, 2.24) is 14.9 Å². The Labute approximate surface area is 200 Å². The van der Waals surface area contributed by atoms with Crippen LogP contribution >= 0.6 is 0 Å². The van der Waals surface area contributed by atoms with Crippen molar-refractivity contribution in [3.63, 3.8) is 0 Å². The highest BCUT2D eigenvalue weighted by atomic mass is 16.9. The maximum Gasteiger partial charge on any atom is 0.252 e. The molecular weight excluding hydrogens is 438 g/mol. The highest BCUT2D eigenvalue weighted by molar-refractivity contribution is 5.82. The zero-order valence-corrected chi connectivity index (χ0v) is 20.6. The van der Waals surface area contributed by atoms with Crippen LogP contribution in [0, 0.1) is 0 Å². The number of para-hydroxylation sites is 2. The van der Waals surface area contributed by atoms with Gasteiger partial charge in [0.1, 0.15) is 24.1 Å². The number of nitrogens with one attached hydrogen (secondary N) is 1. The molecule has 3 fully saturated rings. The van der Waals surface area contributed by atoms with Gasteiger partial charge in [-0.05, 0) is 46.2 Å². The Morgan fingerprint density at radius 2 is 1.71 bits per heavy atom. The van der Waals surface area contributed by atoms with E-state index in [1.54, 1.807) is 0 Å². The van der Waals surface area contributed by atoms with Gasteiger partial charge in [-0.3, -0.25) is 4.79 Å². The van der Waals surface area contributed by atoms with E-state index in [0.29, 0.717) is 0 Å². The molecule has 0 bridgehead atoms. The van der Waals surface area contributed by atoms with Gasteiger partial charge in [-0.15, -0.1) is 0 Å². The van der Waals surface area contributed by atoms with Gasteiger partial charge in [-0.2, -0.15) is 0 Å². The second-order valence-corrected chi connectivity index (χ2v) is 10.2. The number of ether oxygens (including phenoxy) is 5. The Morgan fingerprint density at radius 3 is 2.50 bits per heavy atom. The smallest absolute Gasteiger partial charge is 0.252 e. The largest absolute Gasteiger partial charge is 0.347 e. The number of nitrogens with zero attached hydrogens (tertiary/aromatic N) is 2. The molecule has 9 heteroatoms. The summed E-state index contributed by atoms with van der Waals surface area (Å²) >= 11 is 0. The van der Waals surface area contributed by atoms with Crippen molar-refractivity contribution < 1.29 is 28.5 Å². The zero-order chi connectivity index (χ0) is 24.1. The first kappa shape index (κ1) is 23.7. The second-order valence-electron chi connectivity index (χ2n) is 10.2. The molecule has 186 valence electrons. The van der Waals surface area contributed by atoms with E-state index in [1.165, 1.54) is 0 Å². The molecule has 1 N–H and O–H groups in total. The van der Waals surface area contributed by atoms with Crippen molar-refractivity contribution >= 4 is 16.9 Å². The third-order valence-corrected chi connectivity index (χ3v) is 6.55. The molecule has 5 atom stereocenters. The van der Waals surface area contributed by atoms with Crippen molar-refractivity contribution in [3.8, 4) is 0 Å². The van der Waals surface area contributed by atoms with Crippen LogP contribution in [0.4, 0.5) is 0 Å². The molecule has 1 aromatic carbocycles. The van der Waals surface area contributed by atoms with Gasteiger partial charge in [-0.1, -0.05) is 31.9 Å². The van der Waals surface area contributed by atoms with Gasteiger partial charge in [0.25, 0.3) is 5.91 Å². The Balaban J connectivity index is 1.33. The molecule has 3 aliphatic heterocycles. The summed E-state index contributed by atoms with van der Waals surface area (Å²) < 4.78 is 32.4. The third kappa shape index (κ3) is 4.47. The molecule has 0 saturated carbocycles. The number of rotatable bonds is 7. The van der Waals surface area contributed by atoms with E-state index in [1.807, 2.05) is 45.9 Å². The lowest BCUT2D eigenvalue weighted by Gasteiger charge is -2.36. The lowest BCUT2D eigenvalue weighted by molar-refractivity contribution is -0.231. The van der Waals surface area contributed by atoms with E-state index in [9.17, 15) is 4.79 Å². The van der Waals surface area contributed by atoms with Gasteiger partial charge in [0.2, 0.25) is 0 Å². The monoisotopic (exact) mass is 473 g/mol. The Bertz CT molecular complexity index is 1050. The molecule has 5 rings (SSSR count). The number of hydrogen-bond donors (Lipinski definition) is 1. The minimum atomic E-state index is -0.886. The van der Waals surface area contributed by atoms with Crippen LogP contribution < -0.4 is 5.32 Å². The quantitative estimate of drug-likeness (QED) is 0.617. The summed E-state index contributed by atoms with van der Waals surface area (Å²) in [6, 6.07) is 8.06. The average molecular weight is 474 g/mol. The highest BCUT2D eigenvalue weighted by Gasteiger charge is 2.62. The third-order valence-electron chi connectivity index (χ3n) is 6.55. The Kier molecular flexibility index (Phi) is 6.18.